The first kappa shape index (κ1) is 14.9. The average Bonchev–Trinajstić information content (AvgIpc) is 2.62. The molecule has 17 heavy (non-hydrogen) atoms. The Morgan fingerprint density at radius 3 is 2.59 bits per heavy atom. The van der Waals surface area contributed by atoms with E-state index in [-0.39, 0.29) is 17.1 Å². The van der Waals surface area contributed by atoms with E-state index in [1.165, 1.54) is 0 Å². The fourth-order valence-electron chi connectivity index (χ4n) is 2.42. The van der Waals surface area contributed by atoms with Gasteiger partial charge < -0.3 is 5.73 Å². The molecule has 0 radical (unpaired) electrons. The Bertz CT molecular complexity index is 342. The van der Waals surface area contributed by atoms with E-state index in [9.17, 15) is 8.42 Å². The quantitative estimate of drug-likeness (QED) is 0.787. The van der Waals surface area contributed by atoms with Gasteiger partial charge in [0.15, 0.2) is 0 Å². The minimum Gasteiger partial charge on any atom is -0.330 e. The van der Waals surface area contributed by atoms with E-state index in [4.69, 9.17) is 5.73 Å². The fraction of sp³-hybridized carbons (Fsp3) is 1.00. The fourth-order valence-corrected chi connectivity index (χ4v) is 4.40. The standard InChI is InChI=1S/C12H26N2O2S/c1-4-5-11(2)8-17(15,16)14-7-6-12(3,9-13)10-14/h11H,4-10,13H2,1-3H3. The second-order valence-corrected chi connectivity index (χ2v) is 7.78. The first-order valence-corrected chi connectivity index (χ1v) is 8.12. The number of hydrogen-bond acceptors (Lipinski definition) is 3. The first-order valence-electron chi connectivity index (χ1n) is 6.51. The molecular weight excluding hydrogens is 236 g/mol. The van der Waals surface area contributed by atoms with Crippen LogP contribution in [0.4, 0.5) is 0 Å². The maximum absolute atomic E-state index is 12.2. The SMILES string of the molecule is CCCC(C)CS(=O)(=O)N1CCC(C)(CN)C1. The van der Waals surface area contributed by atoms with Gasteiger partial charge >= 0.3 is 0 Å². The zero-order chi connectivity index (χ0) is 13.1. The first-order chi connectivity index (χ1) is 7.83. The van der Waals surface area contributed by atoms with Crippen molar-refractivity contribution in [1.29, 1.82) is 0 Å². The third-order valence-electron chi connectivity index (χ3n) is 3.69. The van der Waals surface area contributed by atoms with Crippen molar-refractivity contribution in [2.24, 2.45) is 17.1 Å². The zero-order valence-electron chi connectivity index (χ0n) is 11.3. The number of nitrogens with zero attached hydrogens (tertiary/aromatic N) is 1. The summed E-state index contributed by atoms with van der Waals surface area (Å²) in [6.07, 6.45) is 2.89. The molecule has 1 aliphatic rings. The van der Waals surface area contributed by atoms with E-state index in [2.05, 4.69) is 13.8 Å². The van der Waals surface area contributed by atoms with Gasteiger partial charge in [-0.05, 0) is 30.7 Å². The van der Waals surface area contributed by atoms with Crippen LogP contribution >= 0.6 is 0 Å². The summed E-state index contributed by atoms with van der Waals surface area (Å²) in [6, 6.07) is 0. The summed E-state index contributed by atoms with van der Waals surface area (Å²) in [6.45, 7) is 7.95. The van der Waals surface area contributed by atoms with E-state index in [1.807, 2.05) is 6.92 Å². The van der Waals surface area contributed by atoms with E-state index < -0.39 is 10.0 Å². The summed E-state index contributed by atoms with van der Waals surface area (Å²) < 4.78 is 26.0. The Morgan fingerprint density at radius 1 is 1.47 bits per heavy atom. The Hall–Kier alpha value is -0.130. The molecule has 0 aromatic rings. The lowest BCUT2D eigenvalue weighted by molar-refractivity contribution is 0.348. The van der Waals surface area contributed by atoms with Crippen molar-refractivity contribution in [3.8, 4) is 0 Å². The lowest BCUT2D eigenvalue weighted by Gasteiger charge is -2.23. The molecule has 2 N–H and O–H groups in total. The number of nitrogens with two attached hydrogens (primary N) is 1. The summed E-state index contributed by atoms with van der Waals surface area (Å²) >= 11 is 0. The van der Waals surface area contributed by atoms with Crippen molar-refractivity contribution >= 4 is 10.0 Å². The predicted octanol–water partition coefficient (Wildman–Crippen LogP) is 1.42. The molecule has 2 unspecified atom stereocenters. The van der Waals surface area contributed by atoms with Crippen LogP contribution in [0.2, 0.25) is 0 Å². The molecule has 0 amide bonds. The van der Waals surface area contributed by atoms with Crippen molar-refractivity contribution < 1.29 is 8.42 Å². The van der Waals surface area contributed by atoms with Crippen molar-refractivity contribution in [3.63, 3.8) is 0 Å². The van der Waals surface area contributed by atoms with Crippen LogP contribution in [0.1, 0.15) is 40.0 Å². The van der Waals surface area contributed by atoms with Gasteiger partial charge in [0.2, 0.25) is 10.0 Å². The van der Waals surface area contributed by atoms with Gasteiger partial charge in [-0.25, -0.2) is 12.7 Å². The lowest BCUT2D eigenvalue weighted by Crippen LogP contribution is -2.36. The molecule has 5 heteroatoms. The van der Waals surface area contributed by atoms with Crippen molar-refractivity contribution in [3.05, 3.63) is 0 Å². The summed E-state index contributed by atoms with van der Waals surface area (Å²) in [5.74, 6) is 0.524. The van der Waals surface area contributed by atoms with Crippen LogP contribution in [0.25, 0.3) is 0 Å². The van der Waals surface area contributed by atoms with Crippen LogP contribution in [0.3, 0.4) is 0 Å². The number of hydrogen-bond donors (Lipinski definition) is 1. The molecule has 0 saturated carbocycles. The second kappa shape index (κ2) is 5.67. The molecule has 0 aromatic heterocycles. The third kappa shape index (κ3) is 3.93. The maximum Gasteiger partial charge on any atom is 0.214 e. The Labute approximate surface area is 106 Å². The van der Waals surface area contributed by atoms with Gasteiger partial charge in [-0.15, -0.1) is 0 Å². The molecular formula is C12H26N2O2S. The zero-order valence-corrected chi connectivity index (χ0v) is 12.1. The molecule has 0 aromatic carbocycles. The highest BCUT2D eigenvalue weighted by Crippen LogP contribution is 2.31. The molecule has 0 bridgehead atoms. The molecule has 0 spiro atoms. The summed E-state index contributed by atoms with van der Waals surface area (Å²) in [4.78, 5) is 0. The lowest BCUT2D eigenvalue weighted by atomic mass is 9.90. The minimum absolute atomic E-state index is 0.0267. The Balaban J connectivity index is 2.61. The predicted molar refractivity (Wildman–Crippen MR) is 71.2 cm³/mol. The van der Waals surface area contributed by atoms with Gasteiger partial charge in [0, 0.05) is 13.1 Å². The highest BCUT2D eigenvalue weighted by atomic mass is 32.2. The molecule has 102 valence electrons. The molecule has 4 nitrogen and oxygen atoms in total. The third-order valence-corrected chi connectivity index (χ3v) is 5.77. The van der Waals surface area contributed by atoms with Gasteiger partial charge in [-0.3, -0.25) is 0 Å². The van der Waals surface area contributed by atoms with Crippen LogP contribution < -0.4 is 5.73 Å². The molecule has 0 aliphatic carbocycles. The van der Waals surface area contributed by atoms with E-state index >= 15 is 0 Å². The van der Waals surface area contributed by atoms with Crippen LogP contribution in [0, 0.1) is 11.3 Å². The topological polar surface area (TPSA) is 63.4 Å². The van der Waals surface area contributed by atoms with E-state index in [1.54, 1.807) is 4.31 Å². The van der Waals surface area contributed by atoms with E-state index in [0.29, 0.717) is 19.6 Å². The van der Waals surface area contributed by atoms with Crippen molar-refractivity contribution in [1.82, 2.24) is 4.31 Å². The summed E-state index contributed by atoms with van der Waals surface area (Å²) in [7, 11) is -3.08. The maximum atomic E-state index is 12.2. The van der Waals surface area contributed by atoms with Crippen LogP contribution in [0.15, 0.2) is 0 Å². The normalized spacial score (nSPS) is 28.5. The summed E-state index contributed by atoms with van der Waals surface area (Å²) in [5.41, 5.74) is 5.67. The summed E-state index contributed by atoms with van der Waals surface area (Å²) in [5, 5.41) is 0. The van der Waals surface area contributed by atoms with Gasteiger partial charge in [0.05, 0.1) is 5.75 Å². The van der Waals surface area contributed by atoms with Gasteiger partial charge in [-0.2, -0.15) is 0 Å². The minimum atomic E-state index is -3.08. The van der Waals surface area contributed by atoms with Gasteiger partial charge in [0.25, 0.3) is 0 Å². The highest BCUT2D eigenvalue weighted by molar-refractivity contribution is 7.89. The van der Waals surface area contributed by atoms with Gasteiger partial charge in [0.1, 0.15) is 0 Å². The smallest absolute Gasteiger partial charge is 0.214 e. The van der Waals surface area contributed by atoms with Gasteiger partial charge in [-0.1, -0.05) is 27.2 Å². The van der Waals surface area contributed by atoms with Crippen molar-refractivity contribution in [2.45, 2.75) is 40.0 Å². The van der Waals surface area contributed by atoms with E-state index in [0.717, 1.165) is 19.3 Å². The van der Waals surface area contributed by atoms with Crippen LogP contribution in [-0.2, 0) is 10.0 Å². The number of sulfonamides is 1. The van der Waals surface area contributed by atoms with Crippen LogP contribution in [0.5, 0.6) is 0 Å². The molecule has 1 aliphatic heterocycles. The molecule has 1 heterocycles. The monoisotopic (exact) mass is 262 g/mol. The molecule has 1 rings (SSSR count). The number of rotatable bonds is 6. The average molecular weight is 262 g/mol. The van der Waals surface area contributed by atoms with Crippen molar-refractivity contribution in [2.75, 3.05) is 25.4 Å². The Morgan fingerprint density at radius 2 is 2.12 bits per heavy atom. The highest BCUT2D eigenvalue weighted by Gasteiger charge is 2.38. The second-order valence-electron chi connectivity index (χ2n) is 5.77. The van der Waals surface area contributed by atoms with Crippen LogP contribution in [-0.4, -0.2) is 38.1 Å². The largest absolute Gasteiger partial charge is 0.330 e. The molecule has 1 saturated heterocycles. The molecule has 1 fully saturated rings. The molecule has 2 atom stereocenters. The Kier molecular flexibility index (Phi) is 4.98.